The van der Waals surface area contributed by atoms with Crippen molar-refractivity contribution in [1.82, 2.24) is 9.47 Å². The van der Waals surface area contributed by atoms with Gasteiger partial charge in [-0.15, -0.1) is 12.4 Å². The van der Waals surface area contributed by atoms with Crippen LogP contribution in [-0.4, -0.2) is 40.8 Å². The van der Waals surface area contributed by atoms with E-state index in [1.807, 2.05) is 20.2 Å². The minimum Gasteiger partial charge on any atom is -0.395 e. The van der Waals surface area contributed by atoms with Crippen molar-refractivity contribution in [2.75, 3.05) is 20.2 Å². The van der Waals surface area contributed by atoms with Crippen LogP contribution in [0.1, 0.15) is 18.9 Å². The number of fused-ring (bicyclic) bond motifs is 1. The Balaban J connectivity index is 0.00000220. The molecule has 2 aromatic rings. The van der Waals surface area contributed by atoms with E-state index in [9.17, 15) is 4.79 Å². The first kappa shape index (κ1) is 18.2. The first-order valence-electron chi connectivity index (χ1n) is 6.96. The standard InChI is InChI=1S/C15H22N2O2S.ClH/c1-4-12(16(2)7-8-18)9-11-5-6-13-14(10-11)20-15(19)17(13)3;/h5-6,10,12,18H,4,7-9H2,1-3H3;1H. The van der Waals surface area contributed by atoms with Gasteiger partial charge in [0.15, 0.2) is 0 Å². The van der Waals surface area contributed by atoms with Gasteiger partial charge < -0.3 is 14.6 Å². The van der Waals surface area contributed by atoms with Crippen LogP contribution in [0.15, 0.2) is 23.0 Å². The highest BCUT2D eigenvalue weighted by Crippen LogP contribution is 2.20. The van der Waals surface area contributed by atoms with E-state index in [0.29, 0.717) is 12.6 Å². The van der Waals surface area contributed by atoms with Gasteiger partial charge in [0.1, 0.15) is 0 Å². The van der Waals surface area contributed by atoms with Gasteiger partial charge >= 0.3 is 4.87 Å². The molecule has 1 atom stereocenters. The van der Waals surface area contributed by atoms with Crippen molar-refractivity contribution in [2.45, 2.75) is 25.8 Å². The highest BCUT2D eigenvalue weighted by molar-refractivity contribution is 7.16. The Bertz CT molecular complexity index is 638. The molecule has 0 fully saturated rings. The summed E-state index contributed by atoms with van der Waals surface area (Å²) in [6.45, 7) is 3.05. The molecule has 0 saturated carbocycles. The van der Waals surface area contributed by atoms with Crippen LogP contribution in [-0.2, 0) is 13.5 Å². The summed E-state index contributed by atoms with van der Waals surface area (Å²) in [5.41, 5.74) is 2.25. The summed E-state index contributed by atoms with van der Waals surface area (Å²) in [5.74, 6) is 0. The second-order valence-electron chi connectivity index (χ2n) is 5.20. The lowest BCUT2D eigenvalue weighted by Gasteiger charge is -2.26. The molecule has 0 spiro atoms. The van der Waals surface area contributed by atoms with E-state index in [4.69, 9.17) is 5.11 Å². The normalized spacial score (nSPS) is 12.6. The molecule has 0 aliphatic heterocycles. The zero-order chi connectivity index (χ0) is 14.7. The summed E-state index contributed by atoms with van der Waals surface area (Å²) >= 11 is 1.30. The number of aromatic nitrogens is 1. The van der Waals surface area contributed by atoms with Crippen LogP contribution >= 0.6 is 23.7 Å². The third-order valence-corrected chi connectivity index (χ3v) is 4.87. The number of benzene rings is 1. The molecule has 1 aromatic carbocycles. The first-order valence-corrected chi connectivity index (χ1v) is 7.78. The molecule has 1 heterocycles. The number of rotatable bonds is 6. The SMILES string of the molecule is CCC(Cc1ccc2c(c1)sc(=O)n2C)N(C)CCO.Cl. The van der Waals surface area contributed by atoms with Crippen LogP contribution in [0, 0.1) is 0 Å². The number of hydrogen-bond acceptors (Lipinski definition) is 4. The van der Waals surface area contributed by atoms with Crippen LogP contribution < -0.4 is 4.87 Å². The fourth-order valence-electron chi connectivity index (χ4n) is 2.53. The third kappa shape index (κ3) is 4.07. The molecule has 21 heavy (non-hydrogen) atoms. The van der Waals surface area contributed by atoms with Crippen molar-refractivity contribution in [2.24, 2.45) is 7.05 Å². The third-order valence-electron chi connectivity index (χ3n) is 3.88. The molecule has 4 nitrogen and oxygen atoms in total. The molecule has 1 aromatic heterocycles. The van der Waals surface area contributed by atoms with Crippen LogP contribution in [0.2, 0.25) is 0 Å². The Hall–Kier alpha value is -0.880. The van der Waals surface area contributed by atoms with Crippen LogP contribution in [0.25, 0.3) is 10.2 Å². The number of hydrogen-bond donors (Lipinski definition) is 1. The molecule has 0 aliphatic rings. The van der Waals surface area contributed by atoms with Crippen molar-refractivity contribution < 1.29 is 5.11 Å². The Morgan fingerprint density at radius 3 is 2.76 bits per heavy atom. The van der Waals surface area contributed by atoms with Crippen molar-refractivity contribution in [3.63, 3.8) is 0 Å². The second-order valence-corrected chi connectivity index (χ2v) is 6.19. The van der Waals surface area contributed by atoms with E-state index in [2.05, 4.69) is 24.0 Å². The minimum absolute atomic E-state index is 0. The predicted octanol–water partition coefficient (Wildman–Crippen LogP) is 2.27. The summed E-state index contributed by atoms with van der Waals surface area (Å²) in [6.07, 6.45) is 1.98. The Kier molecular flexibility index (Phi) is 6.87. The highest BCUT2D eigenvalue weighted by Gasteiger charge is 2.14. The topological polar surface area (TPSA) is 45.5 Å². The molecule has 0 bridgehead atoms. The largest absolute Gasteiger partial charge is 0.395 e. The van der Waals surface area contributed by atoms with Gasteiger partial charge in [0.25, 0.3) is 0 Å². The number of likely N-dealkylation sites (N-methyl/N-ethyl adjacent to an activating group) is 1. The Labute approximate surface area is 135 Å². The van der Waals surface area contributed by atoms with Gasteiger partial charge in [0, 0.05) is 19.6 Å². The fourth-order valence-corrected chi connectivity index (χ4v) is 3.47. The van der Waals surface area contributed by atoms with E-state index < -0.39 is 0 Å². The van der Waals surface area contributed by atoms with Gasteiger partial charge in [-0.3, -0.25) is 4.79 Å². The summed E-state index contributed by atoms with van der Waals surface area (Å²) < 4.78 is 2.74. The monoisotopic (exact) mass is 330 g/mol. The van der Waals surface area contributed by atoms with Crippen molar-refractivity contribution in [3.05, 3.63) is 33.4 Å². The first-order chi connectivity index (χ1) is 9.56. The van der Waals surface area contributed by atoms with E-state index in [0.717, 1.165) is 23.1 Å². The second kappa shape index (κ2) is 7.94. The Morgan fingerprint density at radius 2 is 2.14 bits per heavy atom. The number of aliphatic hydroxyl groups excluding tert-OH is 1. The number of aryl methyl sites for hydroxylation is 1. The van der Waals surface area contributed by atoms with E-state index >= 15 is 0 Å². The summed E-state index contributed by atoms with van der Waals surface area (Å²) in [4.78, 5) is 13.9. The number of halogens is 1. The van der Waals surface area contributed by atoms with Crippen LogP contribution in [0.5, 0.6) is 0 Å². The Morgan fingerprint density at radius 1 is 1.43 bits per heavy atom. The summed E-state index contributed by atoms with van der Waals surface area (Å²) in [6, 6.07) is 6.67. The van der Waals surface area contributed by atoms with Crippen molar-refractivity contribution in [3.8, 4) is 0 Å². The zero-order valence-corrected chi connectivity index (χ0v) is 14.3. The molecule has 1 N–H and O–H groups in total. The van der Waals surface area contributed by atoms with Gasteiger partial charge in [-0.05, 0) is 37.6 Å². The van der Waals surface area contributed by atoms with Crippen LogP contribution in [0.4, 0.5) is 0 Å². The predicted molar refractivity (Wildman–Crippen MR) is 91.8 cm³/mol. The van der Waals surface area contributed by atoms with Gasteiger partial charge in [-0.2, -0.15) is 0 Å². The molecular formula is C15H23ClN2O2S. The number of thiazole rings is 1. The molecule has 2 rings (SSSR count). The molecule has 0 amide bonds. The summed E-state index contributed by atoms with van der Waals surface area (Å²) in [7, 11) is 3.86. The van der Waals surface area contributed by atoms with Crippen molar-refractivity contribution in [1.29, 1.82) is 0 Å². The molecular weight excluding hydrogens is 308 g/mol. The van der Waals surface area contributed by atoms with Gasteiger partial charge in [-0.25, -0.2) is 0 Å². The smallest absolute Gasteiger partial charge is 0.307 e. The maximum atomic E-state index is 11.7. The number of aliphatic hydroxyl groups is 1. The lowest BCUT2D eigenvalue weighted by Crippen LogP contribution is -2.35. The minimum atomic E-state index is 0. The molecule has 0 aliphatic carbocycles. The quantitative estimate of drug-likeness (QED) is 0.883. The maximum absolute atomic E-state index is 11.7. The fraction of sp³-hybridized carbons (Fsp3) is 0.533. The van der Waals surface area contributed by atoms with Gasteiger partial charge in [-0.1, -0.05) is 24.3 Å². The molecule has 6 heteroatoms. The highest BCUT2D eigenvalue weighted by atomic mass is 35.5. The van der Waals surface area contributed by atoms with E-state index in [-0.39, 0.29) is 23.9 Å². The molecule has 0 radical (unpaired) electrons. The average molecular weight is 331 g/mol. The lowest BCUT2D eigenvalue weighted by molar-refractivity contribution is 0.176. The van der Waals surface area contributed by atoms with Gasteiger partial charge in [0.05, 0.1) is 16.8 Å². The average Bonchev–Trinajstić information content (AvgIpc) is 2.71. The number of nitrogens with zero attached hydrogens (tertiary/aromatic N) is 2. The van der Waals surface area contributed by atoms with Gasteiger partial charge in [0.2, 0.25) is 0 Å². The molecule has 0 saturated heterocycles. The van der Waals surface area contributed by atoms with Crippen LogP contribution in [0.3, 0.4) is 0 Å². The zero-order valence-electron chi connectivity index (χ0n) is 12.7. The van der Waals surface area contributed by atoms with E-state index in [1.165, 1.54) is 16.9 Å². The maximum Gasteiger partial charge on any atom is 0.307 e. The lowest BCUT2D eigenvalue weighted by atomic mass is 10.0. The molecule has 1 unspecified atom stereocenters. The molecule has 118 valence electrons. The van der Waals surface area contributed by atoms with E-state index in [1.54, 1.807) is 4.57 Å². The van der Waals surface area contributed by atoms with Crippen molar-refractivity contribution >= 4 is 34.0 Å². The summed E-state index contributed by atoms with van der Waals surface area (Å²) in [5, 5.41) is 9.04.